The zero-order valence-electron chi connectivity index (χ0n) is 14.3. The normalized spacial score (nSPS) is 28.0. The molecular formula is C17H27BN2O2. The van der Waals surface area contributed by atoms with E-state index in [1.807, 2.05) is 0 Å². The predicted molar refractivity (Wildman–Crippen MR) is 90.4 cm³/mol. The molecule has 0 aliphatic carbocycles. The Hall–Kier alpha value is -0.875. The molecule has 1 unspecified atom stereocenters. The van der Waals surface area contributed by atoms with E-state index in [2.05, 4.69) is 69.2 Å². The molecule has 0 spiro atoms. The fourth-order valence-corrected chi connectivity index (χ4v) is 3.03. The summed E-state index contributed by atoms with van der Waals surface area (Å²) in [6.07, 6.45) is 0. The average molecular weight is 302 g/mol. The van der Waals surface area contributed by atoms with Crippen LogP contribution in [-0.4, -0.2) is 49.9 Å². The van der Waals surface area contributed by atoms with Crippen LogP contribution >= 0.6 is 0 Å². The smallest absolute Gasteiger partial charge is 0.399 e. The lowest BCUT2D eigenvalue weighted by Gasteiger charge is -2.33. The summed E-state index contributed by atoms with van der Waals surface area (Å²) >= 11 is 0. The largest absolute Gasteiger partial charge is 0.494 e. The van der Waals surface area contributed by atoms with Gasteiger partial charge in [-0.05, 0) is 45.8 Å². The molecular weight excluding hydrogens is 275 g/mol. The van der Waals surface area contributed by atoms with E-state index in [1.54, 1.807) is 0 Å². The Morgan fingerprint density at radius 3 is 2.23 bits per heavy atom. The molecule has 2 heterocycles. The molecule has 5 heteroatoms. The molecule has 0 bridgehead atoms. The van der Waals surface area contributed by atoms with Gasteiger partial charge in [0, 0.05) is 25.7 Å². The monoisotopic (exact) mass is 302 g/mol. The van der Waals surface area contributed by atoms with Crippen LogP contribution in [0.1, 0.15) is 39.3 Å². The van der Waals surface area contributed by atoms with Gasteiger partial charge in [-0.25, -0.2) is 0 Å². The molecule has 2 aliphatic rings. The van der Waals surface area contributed by atoms with Crippen LogP contribution in [0, 0.1) is 0 Å². The molecule has 2 fully saturated rings. The van der Waals surface area contributed by atoms with E-state index >= 15 is 0 Å². The van der Waals surface area contributed by atoms with Crippen molar-refractivity contribution in [2.75, 3.05) is 26.7 Å². The molecule has 0 radical (unpaired) electrons. The molecule has 120 valence electrons. The lowest BCUT2D eigenvalue weighted by molar-refractivity contribution is 0.00578. The lowest BCUT2D eigenvalue weighted by Crippen LogP contribution is -2.44. The highest BCUT2D eigenvalue weighted by Gasteiger charge is 2.51. The van der Waals surface area contributed by atoms with Gasteiger partial charge in [-0.3, -0.25) is 4.90 Å². The minimum absolute atomic E-state index is 0.277. The van der Waals surface area contributed by atoms with Gasteiger partial charge in [0.2, 0.25) is 0 Å². The molecule has 0 saturated carbocycles. The molecule has 2 saturated heterocycles. The van der Waals surface area contributed by atoms with Crippen molar-refractivity contribution < 1.29 is 9.31 Å². The third kappa shape index (κ3) is 2.83. The Morgan fingerprint density at radius 1 is 1.09 bits per heavy atom. The molecule has 22 heavy (non-hydrogen) atoms. The number of rotatable bonds is 2. The van der Waals surface area contributed by atoms with Crippen LogP contribution in [0.2, 0.25) is 0 Å². The maximum atomic E-state index is 6.11. The molecule has 3 rings (SSSR count). The number of piperazine rings is 1. The van der Waals surface area contributed by atoms with E-state index < -0.39 is 0 Å². The number of benzene rings is 1. The second-order valence-corrected chi connectivity index (χ2v) is 7.46. The summed E-state index contributed by atoms with van der Waals surface area (Å²) in [4.78, 5) is 2.40. The molecule has 0 aromatic heterocycles. The zero-order chi connectivity index (χ0) is 16.0. The van der Waals surface area contributed by atoms with Crippen LogP contribution in [0.25, 0.3) is 0 Å². The first kappa shape index (κ1) is 16.0. The number of hydrogen-bond acceptors (Lipinski definition) is 4. The van der Waals surface area contributed by atoms with Gasteiger partial charge in [0.25, 0.3) is 0 Å². The van der Waals surface area contributed by atoms with E-state index in [-0.39, 0.29) is 18.3 Å². The number of nitrogens with zero attached hydrogens (tertiary/aromatic N) is 1. The average Bonchev–Trinajstić information content (AvgIpc) is 2.68. The van der Waals surface area contributed by atoms with Crippen molar-refractivity contribution in [3.8, 4) is 0 Å². The summed E-state index contributed by atoms with van der Waals surface area (Å²) in [5.74, 6) is 0. The van der Waals surface area contributed by atoms with Crippen molar-refractivity contribution in [3.63, 3.8) is 0 Å². The topological polar surface area (TPSA) is 33.7 Å². The van der Waals surface area contributed by atoms with Crippen LogP contribution in [0.3, 0.4) is 0 Å². The molecule has 2 aliphatic heterocycles. The summed E-state index contributed by atoms with van der Waals surface area (Å²) in [6.45, 7) is 11.5. The first-order valence-corrected chi connectivity index (χ1v) is 8.17. The van der Waals surface area contributed by atoms with Crippen LogP contribution in [-0.2, 0) is 9.31 Å². The maximum Gasteiger partial charge on any atom is 0.494 e. The van der Waals surface area contributed by atoms with Gasteiger partial charge in [-0.2, -0.15) is 0 Å². The first-order chi connectivity index (χ1) is 10.3. The van der Waals surface area contributed by atoms with Crippen LogP contribution < -0.4 is 10.8 Å². The third-order valence-electron chi connectivity index (χ3n) is 5.36. The fourth-order valence-electron chi connectivity index (χ4n) is 3.03. The Bertz CT molecular complexity index is 514. The second-order valence-electron chi connectivity index (χ2n) is 7.46. The second kappa shape index (κ2) is 5.64. The van der Waals surface area contributed by atoms with Crippen molar-refractivity contribution in [3.05, 3.63) is 29.8 Å². The summed E-state index contributed by atoms with van der Waals surface area (Å²) < 4.78 is 12.2. The van der Waals surface area contributed by atoms with Gasteiger partial charge in [0.05, 0.1) is 11.2 Å². The standard InChI is InChI=1S/C17H27BN2O2/c1-16(2)17(3,4)22-18(21-16)14-8-6-13(7-9-14)15-12-19-10-11-20(15)5/h6-9,15,19H,10-12H2,1-5H3. The van der Waals surface area contributed by atoms with Crippen molar-refractivity contribution in [2.45, 2.75) is 44.9 Å². The SMILES string of the molecule is CN1CCNCC1c1ccc(B2OC(C)(C)C(C)(C)O2)cc1. The predicted octanol–water partition coefficient (Wildman–Crippen LogP) is 1.56. The molecule has 1 aromatic carbocycles. The number of hydrogen-bond donors (Lipinski definition) is 1. The number of likely N-dealkylation sites (N-methyl/N-ethyl adjacent to an activating group) is 1. The van der Waals surface area contributed by atoms with Crippen LogP contribution in [0.15, 0.2) is 24.3 Å². The van der Waals surface area contributed by atoms with Crippen LogP contribution in [0.5, 0.6) is 0 Å². The van der Waals surface area contributed by atoms with Crippen molar-refractivity contribution in [1.82, 2.24) is 10.2 Å². The molecule has 0 amide bonds. The van der Waals surface area contributed by atoms with Crippen molar-refractivity contribution in [1.29, 1.82) is 0 Å². The Morgan fingerprint density at radius 2 is 1.68 bits per heavy atom. The summed E-state index contributed by atoms with van der Waals surface area (Å²) in [5, 5.41) is 3.46. The van der Waals surface area contributed by atoms with Gasteiger partial charge in [0.1, 0.15) is 0 Å². The van der Waals surface area contributed by atoms with Crippen LogP contribution in [0.4, 0.5) is 0 Å². The minimum Gasteiger partial charge on any atom is -0.399 e. The van der Waals surface area contributed by atoms with Gasteiger partial charge in [0.15, 0.2) is 0 Å². The zero-order valence-corrected chi connectivity index (χ0v) is 14.3. The van der Waals surface area contributed by atoms with Gasteiger partial charge < -0.3 is 14.6 Å². The number of nitrogens with one attached hydrogen (secondary N) is 1. The molecule has 1 aromatic rings. The summed E-state index contributed by atoms with van der Waals surface area (Å²) in [7, 11) is 1.91. The van der Waals surface area contributed by atoms with E-state index in [0.717, 1.165) is 25.1 Å². The van der Waals surface area contributed by atoms with E-state index in [1.165, 1.54) is 5.56 Å². The Balaban J connectivity index is 1.75. The molecule has 4 nitrogen and oxygen atoms in total. The van der Waals surface area contributed by atoms with Gasteiger partial charge in [-0.1, -0.05) is 24.3 Å². The maximum absolute atomic E-state index is 6.11. The van der Waals surface area contributed by atoms with Crippen molar-refractivity contribution in [2.24, 2.45) is 0 Å². The van der Waals surface area contributed by atoms with E-state index in [0.29, 0.717) is 6.04 Å². The summed E-state index contributed by atoms with van der Waals surface area (Å²) in [6, 6.07) is 9.13. The van der Waals surface area contributed by atoms with E-state index in [4.69, 9.17) is 9.31 Å². The van der Waals surface area contributed by atoms with Crippen molar-refractivity contribution >= 4 is 12.6 Å². The molecule has 1 atom stereocenters. The van der Waals surface area contributed by atoms with Gasteiger partial charge in [-0.15, -0.1) is 0 Å². The highest BCUT2D eigenvalue weighted by atomic mass is 16.7. The third-order valence-corrected chi connectivity index (χ3v) is 5.36. The summed E-state index contributed by atoms with van der Waals surface area (Å²) in [5.41, 5.74) is 1.86. The quantitative estimate of drug-likeness (QED) is 0.841. The molecule has 1 N–H and O–H groups in total. The minimum atomic E-state index is -0.288. The Labute approximate surface area is 134 Å². The lowest BCUT2D eigenvalue weighted by atomic mass is 9.78. The van der Waals surface area contributed by atoms with Gasteiger partial charge >= 0.3 is 7.12 Å². The highest BCUT2D eigenvalue weighted by molar-refractivity contribution is 6.62. The van der Waals surface area contributed by atoms with E-state index in [9.17, 15) is 0 Å². The highest BCUT2D eigenvalue weighted by Crippen LogP contribution is 2.36. The first-order valence-electron chi connectivity index (χ1n) is 8.17. The Kier molecular flexibility index (Phi) is 4.10. The fraction of sp³-hybridized carbons (Fsp3) is 0.647.